The summed E-state index contributed by atoms with van der Waals surface area (Å²) in [5.74, 6) is -0.337. The van der Waals surface area contributed by atoms with E-state index < -0.39 is 5.97 Å². The summed E-state index contributed by atoms with van der Waals surface area (Å²) in [5, 5.41) is 20.9. The lowest BCUT2D eigenvalue weighted by atomic mass is 10.1. The van der Waals surface area contributed by atoms with Crippen LogP contribution in [0, 0.1) is 0 Å². The van der Waals surface area contributed by atoms with Gasteiger partial charge in [0.15, 0.2) is 5.82 Å². The summed E-state index contributed by atoms with van der Waals surface area (Å²) in [7, 11) is 0. The lowest BCUT2D eigenvalue weighted by Crippen LogP contribution is -2.10. The number of benzene rings is 1. The first-order valence-corrected chi connectivity index (χ1v) is 6.22. The SMILES string of the molecule is O=C(O)CCn1nnnc1Cc1ccc(Cl)cc1Cl. The van der Waals surface area contributed by atoms with Crippen LogP contribution >= 0.6 is 23.2 Å². The molecule has 0 unspecified atom stereocenters. The maximum absolute atomic E-state index is 10.5. The third-order valence-electron chi connectivity index (χ3n) is 2.51. The number of aryl methyl sites for hydroxylation is 1. The standard InChI is InChI=1S/C11H10Cl2N4O2/c12-8-2-1-7(9(13)6-8)5-10-14-15-16-17(10)4-3-11(18)19/h1-2,6H,3-5H2,(H,18,19). The first-order valence-electron chi connectivity index (χ1n) is 5.47. The summed E-state index contributed by atoms with van der Waals surface area (Å²) in [6, 6.07) is 5.17. The Morgan fingerprint density at radius 2 is 2.16 bits per heavy atom. The molecule has 1 aromatic carbocycles. The second-order valence-corrected chi connectivity index (χ2v) is 4.72. The molecule has 0 radical (unpaired) electrons. The Balaban J connectivity index is 2.14. The molecule has 8 heteroatoms. The first-order chi connectivity index (χ1) is 9.06. The molecule has 0 aliphatic carbocycles. The van der Waals surface area contributed by atoms with Gasteiger partial charge in [0.2, 0.25) is 0 Å². The molecule has 1 heterocycles. The van der Waals surface area contributed by atoms with E-state index in [-0.39, 0.29) is 13.0 Å². The van der Waals surface area contributed by atoms with Crippen molar-refractivity contribution >= 4 is 29.2 Å². The van der Waals surface area contributed by atoms with Gasteiger partial charge >= 0.3 is 5.97 Å². The highest BCUT2D eigenvalue weighted by molar-refractivity contribution is 6.35. The van der Waals surface area contributed by atoms with Crippen LogP contribution in [-0.2, 0) is 17.8 Å². The summed E-state index contributed by atoms with van der Waals surface area (Å²) in [4.78, 5) is 10.5. The Morgan fingerprint density at radius 3 is 2.84 bits per heavy atom. The third-order valence-corrected chi connectivity index (χ3v) is 3.09. The van der Waals surface area contributed by atoms with Gasteiger partial charge in [0.1, 0.15) is 0 Å². The zero-order valence-electron chi connectivity index (χ0n) is 9.75. The molecule has 100 valence electrons. The van der Waals surface area contributed by atoms with E-state index in [0.717, 1.165) is 5.56 Å². The highest BCUT2D eigenvalue weighted by Gasteiger charge is 2.11. The zero-order valence-corrected chi connectivity index (χ0v) is 11.3. The van der Waals surface area contributed by atoms with E-state index in [1.165, 1.54) is 4.68 Å². The van der Waals surface area contributed by atoms with Crippen molar-refractivity contribution in [1.29, 1.82) is 0 Å². The number of hydrogen-bond acceptors (Lipinski definition) is 4. The second-order valence-electron chi connectivity index (χ2n) is 3.87. The molecule has 0 spiro atoms. The van der Waals surface area contributed by atoms with Crippen LogP contribution < -0.4 is 0 Å². The Hall–Kier alpha value is -1.66. The fourth-order valence-electron chi connectivity index (χ4n) is 1.56. The second kappa shape index (κ2) is 5.99. The van der Waals surface area contributed by atoms with Crippen molar-refractivity contribution in [2.75, 3.05) is 0 Å². The number of aromatic nitrogens is 4. The van der Waals surface area contributed by atoms with E-state index in [4.69, 9.17) is 28.3 Å². The van der Waals surface area contributed by atoms with Crippen LogP contribution in [0.3, 0.4) is 0 Å². The smallest absolute Gasteiger partial charge is 0.305 e. The molecule has 2 rings (SSSR count). The Kier molecular flexibility index (Phi) is 4.34. The van der Waals surface area contributed by atoms with E-state index in [2.05, 4.69) is 15.5 Å². The Morgan fingerprint density at radius 1 is 1.37 bits per heavy atom. The highest BCUT2D eigenvalue weighted by Crippen LogP contribution is 2.22. The molecule has 0 saturated carbocycles. The summed E-state index contributed by atoms with van der Waals surface area (Å²) in [5.41, 5.74) is 0.831. The van der Waals surface area contributed by atoms with Crippen LogP contribution in [0.2, 0.25) is 10.0 Å². The Bertz CT molecular complexity index is 600. The number of nitrogens with zero attached hydrogens (tertiary/aromatic N) is 4. The molecular formula is C11H10Cl2N4O2. The fraction of sp³-hybridized carbons (Fsp3) is 0.273. The minimum absolute atomic E-state index is 0.0353. The van der Waals surface area contributed by atoms with Gasteiger partial charge in [-0.1, -0.05) is 29.3 Å². The predicted molar refractivity (Wildman–Crippen MR) is 69.3 cm³/mol. The van der Waals surface area contributed by atoms with Crippen LogP contribution in [0.5, 0.6) is 0 Å². The minimum atomic E-state index is -0.897. The molecule has 0 bridgehead atoms. The van der Waals surface area contributed by atoms with Gasteiger partial charge in [0.05, 0.1) is 13.0 Å². The van der Waals surface area contributed by atoms with E-state index in [1.54, 1.807) is 18.2 Å². The number of carboxylic acids is 1. The largest absolute Gasteiger partial charge is 0.481 e. The number of tetrazole rings is 1. The average molecular weight is 301 g/mol. The molecule has 0 aliphatic heterocycles. The number of carbonyl (C=O) groups is 1. The van der Waals surface area contributed by atoms with E-state index in [0.29, 0.717) is 22.3 Å². The van der Waals surface area contributed by atoms with Crippen LogP contribution in [-0.4, -0.2) is 31.3 Å². The van der Waals surface area contributed by atoms with E-state index in [9.17, 15) is 4.79 Å². The van der Waals surface area contributed by atoms with Gasteiger partial charge in [-0.15, -0.1) is 5.10 Å². The molecule has 19 heavy (non-hydrogen) atoms. The van der Waals surface area contributed by atoms with Crippen molar-refractivity contribution in [1.82, 2.24) is 20.2 Å². The van der Waals surface area contributed by atoms with Gasteiger partial charge in [0.25, 0.3) is 0 Å². The topological polar surface area (TPSA) is 80.9 Å². The lowest BCUT2D eigenvalue weighted by molar-refractivity contribution is -0.137. The minimum Gasteiger partial charge on any atom is -0.481 e. The molecule has 0 saturated heterocycles. The lowest BCUT2D eigenvalue weighted by Gasteiger charge is -2.05. The number of hydrogen-bond donors (Lipinski definition) is 1. The van der Waals surface area contributed by atoms with Gasteiger partial charge in [-0.3, -0.25) is 4.79 Å². The highest BCUT2D eigenvalue weighted by atomic mass is 35.5. The maximum Gasteiger partial charge on any atom is 0.305 e. The number of halogens is 2. The van der Waals surface area contributed by atoms with Crippen LogP contribution in [0.4, 0.5) is 0 Å². The van der Waals surface area contributed by atoms with Crippen molar-refractivity contribution in [3.05, 3.63) is 39.6 Å². The monoisotopic (exact) mass is 300 g/mol. The quantitative estimate of drug-likeness (QED) is 0.914. The maximum atomic E-state index is 10.5. The normalized spacial score (nSPS) is 10.6. The summed E-state index contributed by atoms with van der Waals surface area (Å²) >= 11 is 11.9. The summed E-state index contributed by atoms with van der Waals surface area (Å²) < 4.78 is 1.46. The summed E-state index contributed by atoms with van der Waals surface area (Å²) in [6.07, 6.45) is 0.384. The molecule has 1 N–H and O–H groups in total. The van der Waals surface area contributed by atoms with Crippen molar-refractivity contribution in [2.24, 2.45) is 0 Å². The Labute approximate surface area is 118 Å². The van der Waals surface area contributed by atoms with Crippen molar-refractivity contribution < 1.29 is 9.90 Å². The summed E-state index contributed by atoms with van der Waals surface area (Å²) in [6.45, 7) is 0.225. The van der Waals surface area contributed by atoms with Crippen LogP contribution in [0.25, 0.3) is 0 Å². The molecule has 0 amide bonds. The van der Waals surface area contributed by atoms with Gasteiger partial charge in [-0.2, -0.15) is 0 Å². The number of rotatable bonds is 5. The zero-order chi connectivity index (χ0) is 13.8. The van der Waals surface area contributed by atoms with Crippen molar-refractivity contribution in [3.63, 3.8) is 0 Å². The van der Waals surface area contributed by atoms with Crippen LogP contribution in [0.15, 0.2) is 18.2 Å². The fourth-order valence-corrected chi connectivity index (χ4v) is 2.04. The first kappa shape index (κ1) is 13.8. The van der Waals surface area contributed by atoms with Gasteiger partial charge in [-0.25, -0.2) is 4.68 Å². The number of carboxylic acid groups (broad SMARTS) is 1. The predicted octanol–water partition coefficient (Wildman–Crippen LogP) is 2.05. The molecule has 0 aliphatic rings. The van der Waals surface area contributed by atoms with E-state index >= 15 is 0 Å². The van der Waals surface area contributed by atoms with Crippen molar-refractivity contribution in [3.8, 4) is 0 Å². The molecule has 2 aromatic rings. The van der Waals surface area contributed by atoms with Gasteiger partial charge in [0, 0.05) is 16.5 Å². The molecule has 0 fully saturated rings. The van der Waals surface area contributed by atoms with Gasteiger partial charge in [-0.05, 0) is 28.1 Å². The van der Waals surface area contributed by atoms with Crippen LogP contribution in [0.1, 0.15) is 17.8 Å². The van der Waals surface area contributed by atoms with Crippen molar-refractivity contribution in [2.45, 2.75) is 19.4 Å². The molecule has 1 aromatic heterocycles. The van der Waals surface area contributed by atoms with E-state index in [1.807, 2.05) is 0 Å². The average Bonchev–Trinajstić information content (AvgIpc) is 2.77. The number of aliphatic carboxylic acids is 1. The van der Waals surface area contributed by atoms with Gasteiger partial charge < -0.3 is 5.11 Å². The molecular weight excluding hydrogens is 291 g/mol. The third kappa shape index (κ3) is 3.65. The molecule has 0 atom stereocenters. The molecule has 6 nitrogen and oxygen atoms in total.